The maximum atomic E-state index is 11.4. The fourth-order valence-corrected chi connectivity index (χ4v) is 4.05. The highest BCUT2D eigenvalue weighted by Crippen LogP contribution is 2.33. The molecule has 27 heavy (non-hydrogen) atoms. The molecule has 0 radical (unpaired) electrons. The number of benzene rings is 1. The van der Waals surface area contributed by atoms with E-state index < -0.39 is 5.97 Å². The Morgan fingerprint density at radius 2 is 1.96 bits per heavy atom. The summed E-state index contributed by atoms with van der Waals surface area (Å²) in [5, 5.41) is 12.1. The van der Waals surface area contributed by atoms with Gasteiger partial charge in [0.1, 0.15) is 11.0 Å². The van der Waals surface area contributed by atoms with E-state index in [4.69, 9.17) is 4.74 Å². The summed E-state index contributed by atoms with van der Waals surface area (Å²) >= 11 is 1.22. The quantitative estimate of drug-likeness (QED) is 0.781. The fourth-order valence-electron chi connectivity index (χ4n) is 3.12. The number of ether oxygens (including phenoxy) is 1. The van der Waals surface area contributed by atoms with Gasteiger partial charge < -0.3 is 15.2 Å². The molecule has 0 aliphatic carbocycles. The third-order valence-electron chi connectivity index (χ3n) is 4.72. The molecule has 1 amide bonds. The lowest BCUT2D eigenvalue weighted by molar-refractivity contribution is -0.119. The lowest BCUT2D eigenvalue weighted by Gasteiger charge is -2.22. The highest BCUT2D eigenvalue weighted by atomic mass is 32.1. The highest BCUT2D eigenvalue weighted by molar-refractivity contribution is 7.14. The minimum atomic E-state index is -0.934. The summed E-state index contributed by atoms with van der Waals surface area (Å²) in [6.07, 6.45) is 0.940. The first-order chi connectivity index (χ1) is 12.7. The summed E-state index contributed by atoms with van der Waals surface area (Å²) in [7, 11) is 0. The van der Waals surface area contributed by atoms with Crippen molar-refractivity contribution in [2.45, 2.75) is 51.2 Å². The normalized spacial score (nSPS) is 18.3. The Morgan fingerprint density at radius 3 is 2.48 bits per heavy atom. The smallest absolute Gasteiger partial charge is 0.345 e. The van der Waals surface area contributed by atoms with Gasteiger partial charge in [0.2, 0.25) is 5.91 Å². The van der Waals surface area contributed by atoms with Crippen LogP contribution in [0, 0.1) is 0 Å². The van der Waals surface area contributed by atoms with Crippen molar-refractivity contribution in [3.8, 4) is 0 Å². The van der Waals surface area contributed by atoms with Gasteiger partial charge in [0.25, 0.3) is 0 Å². The van der Waals surface area contributed by atoms with Crippen LogP contribution in [-0.4, -0.2) is 29.6 Å². The Kier molecular flexibility index (Phi) is 5.67. The first-order valence-corrected chi connectivity index (χ1v) is 9.90. The number of thiophene rings is 1. The first-order valence-electron chi connectivity index (χ1n) is 9.08. The molecule has 144 valence electrons. The van der Waals surface area contributed by atoms with E-state index in [-0.39, 0.29) is 23.5 Å². The second-order valence-corrected chi connectivity index (χ2v) is 9.01. The molecular weight excluding hydrogens is 362 g/mol. The van der Waals surface area contributed by atoms with E-state index in [9.17, 15) is 14.7 Å². The molecule has 0 spiro atoms. The molecule has 1 aromatic carbocycles. The third-order valence-corrected chi connectivity index (χ3v) is 5.84. The number of rotatable bonds is 6. The summed E-state index contributed by atoms with van der Waals surface area (Å²) in [6, 6.07) is 11.7. The van der Waals surface area contributed by atoms with Crippen LogP contribution in [0.25, 0.3) is 0 Å². The Bertz CT molecular complexity index is 819. The van der Waals surface area contributed by atoms with Crippen molar-refractivity contribution in [2.24, 2.45) is 0 Å². The van der Waals surface area contributed by atoms with Gasteiger partial charge >= 0.3 is 5.97 Å². The van der Waals surface area contributed by atoms with Gasteiger partial charge in [-0.1, -0.05) is 45.0 Å². The molecule has 2 atom stereocenters. The van der Waals surface area contributed by atoms with Gasteiger partial charge in [-0.25, -0.2) is 4.79 Å². The zero-order valence-electron chi connectivity index (χ0n) is 15.8. The monoisotopic (exact) mass is 387 g/mol. The largest absolute Gasteiger partial charge is 0.477 e. The number of nitrogens with one attached hydrogen (secondary N) is 1. The summed E-state index contributed by atoms with van der Waals surface area (Å²) in [5.74, 6) is -0.880. The molecule has 3 rings (SSSR count). The van der Waals surface area contributed by atoms with Crippen molar-refractivity contribution in [2.75, 3.05) is 6.61 Å². The molecule has 2 aromatic rings. The Balaban J connectivity index is 1.84. The van der Waals surface area contributed by atoms with Crippen LogP contribution in [0.2, 0.25) is 0 Å². The first kappa shape index (κ1) is 19.6. The number of hydrogen-bond donors (Lipinski definition) is 2. The van der Waals surface area contributed by atoms with Crippen LogP contribution < -0.4 is 5.32 Å². The number of amides is 1. The molecule has 5 nitrogen and oxygen atoms in total. The maximum Gasteiger partial charge on any atom is 0.345 e. The van der Waals surface area contributed by atoms with E-state index in [1.165, 1.54) is 16.9 Å². The number of carboxylic acid groups (broad SMARTS) is 1. The zero-order chi connectivity index (χ0) is 19.6. The van der Waals surface area contributed by atoms with Crippen LogP contribution in [0.4, 0.5) is 0 Å². The van der Waals surface area contributed by atoms with E-state index in [1.807, 2.05) is 18.2 Å². The molecule has 0 saturated carbocycles. The summed E-state index contributed by atoms with van der Waals surface area (Å²) in [4.78, 5) is 23.8. The standard InChI is InChI=1S/C21H25NO4S/c1-21(2,3)14-6-4-13(5-7-14)19(16-9-10-17(27-16)20(24)25)26-12-15-8-11-18(23)22-15/h4-7,9-10,15,19H,8,11-12H2,1-3H3,(H,22,23)(H,24,25)/t15?,19-/m1/s1. The van der Waals surface area contributed by atoms with Crippen molar-refractivity contribution >= 4 is 23.2 Å². The average Bonchev–Trinajstić information content (AvgIpc) is 3.24. The van der Waals surface area contributed by atoms with Crippen LogP contribution in [0.5, 0.6) is 0 Å². The predicted octanol–water partition coefficient (Wildman–Crippen LogP) is 4.13. The van der Waals surface area contributed by atoms with Gasteiger partial charge in [0, 0.05) is 11.3 Å². The summed E-state index contributed by atoms with van der Waals surface area (Å²) < 4.78 is 6.17. The van der Waals surface area contributed by atoms with E-state index in [0.29, 0.717) is 17.9 Å². The topological polar surface area (TPSA) is 75.6 Å². The predicted molar refractivity (Wildman–Crippen MR) is 105 cm³/mol. The molecule has 1 fully saturated rings. The Hall–Kier alpha value is -2.18. The second kappa shape index (κ2) is 7.82. The molecule has 1 aliphatic heterocycles. The van der Waals surface area contributed by atoms with Gasteiger partial charge in [-0.3, -0.25) is 4.79 Å². The molecule has 1 saturated heterocycles. The second-order valence-electron chi connectivity index (χ2n) is 7.90. The molecule has 2 N–H and O–H groups in total. The zero-order valence-corrected chi connectivity index (χ0v) is 16.6. The van der Waals surface area contributed by atoms with Gasteiger partial charge in [-0.15, -0.1) is 11.3 Å². The molecule has 1 aromatic heterocycles. The SMILES string of the molecule is CC(C)(C)c1ccc([C@@H](OCC2CCC(=O)N2)c2ccc(C(=O)O)s2)cc1. The van der Waals surface area contributed by atoms with Crippen molar-refractivity contribution in [1.29, 1.82) is 0 Å². The van der Waals surface area contributed by atoms with Gasteiger partial charge in [0.05, 0.1) is 12.6 Å². The van der Waals surface area contributed by atoms with Gasteiger partial charge in [0.15, 0.2) is 0 Å². The Morgan fingerprint density at radius 1 is 1.26 bits per heavy atom. The van der Waals surface area contributed by atoms with E-state index in [0.717, 1.165) is 16.9 Å². The number of aromatic carboxylic acids is 1. The number of carboxylic acids is 1. The van der Waals surface area contributed by atoms with Crippen molar-refractivity contribution in [1.82, 2.24) is 5.32 Å². The lowest BCUT2D eigenvalue weighted by atomic mass is 9.86. The molecule has 1 aliphatic rings. The average molecular weight is 388 g/mol. The minimum Gasteiger partial charge on any atom is -0.477 e. The molecular formula is C21H25NO4S. The van der Waals surface area contributed by atoms with E-state index in [1.54, 1.807) is 6.07 Å². The fraction of sp³-hybridized carbons (Fsp3) is 0.429. The van der Waals surface area contributed by atoms with Crippen LogP contribution in [0.3, 0.4) is 0 Å². The summed E-state index contributed by atoms with van der Waals surface area (Å²) in [5.41, 5.74) is 2.26. The third kappa shape index (κ3) is 4.76. The van der Waals surface area contributed by atoms with Crippen molar-refractivity contribution < 1.29 is 19.4 Å². The molecule has 2 heterocycles. The van der Waals surface area contributed by atoms with Gasteiger partial charge in [-0.05, 0) is 35.1 Å². The van der Waals surface area contributed by atoms with Crippen molar-refractivity contribution in [3.63, 3.8) is 0 Å². The Labute approximate surface area is 163 Å². The number of hydrogen-bond acceptors (Lipinski definition) is 4. The van der Waals surface area contributed by atoms with E-state index in [2.05, 4.69) is 38.2 Å². The minimum absolute atomic E-state index is 0.00718. The maximum absolute atomic E-state index is 11.4. The lowest BCUT2D eigenvalue weighted by Crippen LogP contribution is -2.30. The molecule has 1 unspecified atom stereocenters. The number of carbonyl (C=O) groups is 2. The van der Waals surface area contributed by atoms with Gasteiger partial charge in [-0.2, -0.15) is 0 Å². The van der Waals surface area contributed by atoms with Crippen LogP contribution in [0.15, 0.2) is 36.4 Å². The van der Waals surface area contributed by atoms with Crippen LogP contribution in [-0.2, 0) is 14.9 Å². The molecule has 6 heteroatoms. The highest BCUT2D eigenvalue weighted by Gasteiger charge is 2.25. The number of carbonyl (C=O) groups excluding carboxylic acids is 1. The molecule has 0 bridgehead atoms. The van der Waals surface area contributed by atoms with Crippen LogP contribution >= 0.6 is 11.3 Å². The summed E-state index contributed by atoms with van der Waals surface area (Å²) in [6.45, 7) is 6.89. The van der Waals surface area contributed by atoms with Crippen molar-refractivity contribution in [3.05, 3.63) is 57.3 Å². The van der Waals surface area contributed by atoms with Crippen LogP contribution in [0.1, 0.15) is 65.4 Å². The van der Waals surface area contributed by atoms with E-state index >= 15 is 0 Å².